The van der Waals surface area contributed by atoms with Crippen LogP contribution in [-0.2, 0) is 0 Å². The van der Waals surface area contributed by atoms with Crippen LogP contribution in [0.5, 0.6) is 5.75 Å². The lowest BCUT2D eigenvalue weighted by atomic mass is 9.93. The standard InChI is InChI=1S/C20H27NO/c1-5-18(17-13-15(4)11-12-19(17)22)21-20(14(2)3)16-9-7-6-8-10-16/h6-14,18,20-22H,5H2,1-4H3/t18-,20-/m1/s1. The van der Waals surface area contributed by atoms with Gasteiger partial charge in [-0.25, -0.2) is 0 Å². The second-order valence-electron chi connectivity index (χ2n) is 6.32. The lowest BCUT2D eigenvalue weighted by Crippen LogP contribution is -2.29. The minimum Gasteiger partial charge on any atom is -0.508 e. The third kappa shape index (κ3) is 3.89. The van der Waals surface area contributed by atoms with Crippen LogP contribution in [0.2, 0.25) is 0 Å². The maximum Gasteiger partial charge on any atom is 0.120 e. The van der Waals surface area contributed by atoms with E-state index in [1.165, 1.54) is 11.1 Å². The zero-order chi connectivity index (χ0) is 16.1. The number of rotatable bonds is 6. The van der Waals surface area contributed by atoms with Gasteiger partial charge in [0, 0.05) is 17.6 Å². The predicted molar refractivity (Wildman–Crippen MR) is 93.0 cm³/mol. The monoisotopic (exact) mass is 297 g/mol. The first-order chi connectivity index (χ1) is 10.5. The van der Waals surface area contributed by atoms with Crippen molar-refractivity contribution in [2.75, 3.05) is 0 Å². The quantitative estimate of drug-likeness (QED) is 0.774. The summed E-state index contributed by atoms with van der Waals surface area (Å²) in [4.78, 5) is 0. The fourth-order valence-corrected chi connectivity index (χ4v) is 2.93. The largest absolute Gasteiger partial charge is 0.508 e. The summed E-state index contributed by atoms with van der Waals surface area (Å²) in [5.74, 6) is 0.851. The number of phenolic OH excluding ortho intramolecular Hbond substituents is 1. The Labute approximate surface area is 134 Å². The molecule has 0 aliphatic heterocycles. The van der Waals surface area contributed by atoms with Crippen LogP contribution >= 0.6 is 0 Å². The summed E-state index contributed by atoms with van der Waals surface area (Å²) in [6, 6.07) is 16.8. The number of nitrogens with one attached hydrogen (secondary N) is 1. The molecule has 0 heterocycles. The molecule has 0 amide bonds. The molecule has 0 aliphatic rings. The summed E-state index contributed by atoms with van der Waals surface area (Å²) in [7, 11) is 0. The number of benzene rings is 2. The molecule has 0 aliphatic carbocycles. The van der Waals surface area contributed by atoms with Crippen LogP contribution in [0.25, 0.3) is 0 Å². The molecular weight excluding hydrogens is 270 g/mol. The molecule has 2 heteroatoms. The predicted octanol–water partition coefficient (Wildman–Crippen LogP) is 5.14. The lowest BCUT2D eigenvalue weighted by molar-refractivity contribution is 0.349. The third-order valence-corrected chi connectivity index (χ3v) is 4.17. The van der Waals surface area contributed by atoms with Gasteiger partial charge in [-0.05, 0) is 30.9 Å². The summed E-state index contributed by atoms with van der Waals surface area (Å²) < 4.78 is 0. The smallest absolute Gasteiger partial charge is 0.120 e. The maximum absolute atomic E-state index is 10.2. The van der Waals surface area contributed by atoms with E-state index in [4.69, 9.17) is 0 Å². The fraction of sp³-hybridized carbons (Fsp3) is 0.400. The molecule has 2 atom stereocenters. The molecule has 0 fully saturated rings. The molecule has 2 rings (SSSR count). The van der Waals surface area contributed by atoms with Gasteiger partial charge in [0.1, 0.15) is 5.75 Å². The first kappa shape index (κ1) is 16.6. The highest BCUT2D eigenvalue weighted by atomic mass is 16.3. The van der Waals surface area contributed by atoms with Crippen molar-refractivity contribution >= 4 is 0 Å². The van der Waals surface area contributed by atoms with E-state index in [9.17, 15) is 5.11 Å². The molecule has 0 spiro atoms. The van der Waals surface area contributed by atoms with Crippen LogP contribution < -0.4 is 5.32 Å². The van der Waals surface area contributed by atoms with Gasteiger partial charge < -0.3 is 10.4 Å². The van der Waals surface area contributed by atoms with Crippen molar-refractivity contribution in [3.05, 3.63) is 65.2 Å². The van der Waals surface area contributed by atoms with E-state index >= 15 is 0 Å². The van der Waals surface area contributed by atoms with Gasteiger partial charge in [0.15, 0.2) is 0 Å². The second kappa shape index (κ2) is 7.46. The van der Waals surface area contributed by atoms with E-state index in [0.717, 1.165) is 12.0 Å². The minimum absolute atomic E-state index is 0.146. The van der Waals surface area contributed by atoms with Gasteiger partial charge in [0.05, 0.1) is 0 Å². The van der Waals surface area contributed by atoms with Gasteiger partial charge in [-0.15, -0.1) is 0 Å². The summed E-state index contributed by atoms with van der Waals surface area (Å²) in [5, 5.41) is 14.0. The van der Waals surface area contributed by atoms with Crippen molar-refractivity contribution in [1.29, 1.82) is 0 Å². The molecule has 118 valence electrons. The molecule has 0 saturated heterocycles. The number of aryl methyl sites for hydroxylation is 1. The maximum atomic E-state index is 10.2. The van der Waals surface area contributed by atoms with Crippen molar-refractivity contribution in [3.63, 3.8) is 0 Å². The van der Waals surface area contributed by atoms with Crippen LogP contribution in [0.15, 0.2) is 48.5 Å². The summed E-state index contributed by atoms with van der Waals surface area (Å²) >= 11 is 0. The van der Waals surface area contributed by atoms with E-state index in [0.29, 0.717) is 11.7 Å². The Bertz CT molecular complexity index is 592. The van der Waals surface area contributed by atoms with Crippen molar-refractivity contribution in [2.24, 2.45) is 5.92 Å². The molecule has 0 bridgehead atoms. The Morgan fingerprint density at radius 3 is 2.32 bits per heavy atom. The van der Waals surface area contributed by atoms with Gasteiger partial charge in [0.25, 0.3) is 0 Å². The van der Waals surface area contributed by atoms with E-state index in [-0.39, 0.29) is 12.1 Å². The number of hydrogen-bond donors (Lipinski definition) is 2. The Hall–Kier alpha value is -1.80. The third-order valence-electron chi connectivity index (χ3n) is 4.17. The van der Waals surface area contributed by atoms with Gasteiger partial charge in [-0.1, -0.05) is 68.8 Å². The zero-order valence-corrected chi connectivity index (χ0v) is 14.0. The Balaban J connectivity index is 2.29. The molecule has 2 aromatic carbocycles. The van der Waals surface area contributed by atoms with Crippen molar-refractivity contribution in [1.82, 2.24) is 5.32 Å². The van der Waals surface area contributed by atoms with Crippen molar-refractivity contribution in [3.8, 4) is 5.75 Å². The van der Waals surface area contributed by atoms with Crippen molar-refractivity contribution < 1.29 is 5.11 Å². The molecule has 2 N–H and O–H groups in total. The highest BCUT2D eigenvalue weighted by molar-refractivity contribution is 5.38. The second-order valence-corrected chi connectivity index (χ2v) is 6.32. The van der Waals surface area contributed by atoms with Crippen LogP contribution in [-0.4, -0.2) is 5.11 Å². The first-order valence-corrected chi connectivity index (χ1v) is 8.13. The number of phenols is 1. The Morgan fingerprint density at radius 2 is 1.73 bits per heavy atom. The molecule has 0 saturated carbocycles. The van der Waals surface area contributed by atoms with Crippen LogP contribution in [0, 0.1) is 12.8 Å². The summed E-state index contributed by atoms with van der Waals surface area (Å²) in [6.07, 6.45) is 0.938. The average molecular weight is 297 g/mol. The van der Waals surface area contributed by atoms with Crippen LogP contribution in [0.4, 0.5) is 0 Å². The van der Waals surface area contributed by atoms with Gasteiger partial charge in [-0.3, -0.25) is 0 Å². The summed E-state index contributed by atoms with van der Waals surface area (Å²) in [6.45, 7) is 8.68. The van der Waals surface area contributed by atoms with E-state index in [2.05, 4.69) is 63.3 Å². The summed E-state index contributed by atoms with van der Waals surface area (Å²) in [5.41, 5.74) is 3.46. The topological polar surface area (TPSA) is 32.3 Å². The molecule has 0 unspecified atom stereocenters. The highest BCUT2D eigenvalue weighted by Crippen LogP contribution is 2.31. The van der Waals surface area contributed by atoms with E-state index in [1.54, 1.807) is 6.07 Å². The minimum atomic E-state index is 0.146. The molecule has 22 heavy (non-hydrogen) atoms. The zero-order valence-electron chi connectivity index (χ0n) is 14.0. The van der Waals surface area contributed by atoms with E-state index in [1.807, 2.05) is 12.1 Å². The Kier molecular flexibility index (Phi) is 5.62. The Morgan fingerprint density at radius 1 is 1.05 bits per heavy atom. The lowest BCUT2D eigenvalue weighted by Gasteiger charge is -2.29. The number of hydrogen-bond acceptors (Lipinski definition) is 2. The average Bonchev–Trinajstić information content (AvgIpc) is 2.52. The van der Waals surface area contributed by atoms with Crippen LogP contribution in [0.1, 0.15) is 56.0 Å². The SMILES string of the molecule is CC[C@@H](N[C@@H](c1ccccc1)C(C)C)c1cc(C)ccc1O. The van der Waals surface area contributed by atoms with Gasteiger partial charge in [-0.2, -0.15) is 0 Å². The van der Waals surface area contributed by atoms with Crippen LogP contribution in [0.3, 0.4) is 0 Å². The molecule has 0 aromatic heterocycles. The molecule has 0 radical (unpaired) electrons. The van der Waals surface area contributed by atoms with Crippen molar-refractivity contribution in [2.45, 2.75) is 46.2 Å². The van der Waals surface area contributed by atoms with Gasteiger partial charge in [0.2, 0.25) is 0 Å². The first-order valence-electron chi connectivity index (χ1n) is 8.13. The highest BCUT2D eigenvalue weighted by Gasteiger charge is 2.21. The number of aromatic hydroxyl groups is 1. The molecular formula is C20H27NO. The van der Waals surface area contributed by atoms with E-state index < -0.39 is 0 Å². The van der Waals surface area contributed by atoms with Gasteiger partial charge >= 0.3 is 0 Å². The molecule has 2 nitrogen and oxygen atoms in total. The molecule has 2 aromatic rings. The fourth-order valence-electron chi connectivity index (χ4n) is 2.93. The normalized spacial score (nSPS) is 14.0.